The predicted molar refractivity (Wildman–Crippen MR) is 76.2 cm³/mol. The van der Waals surface area contributed by atoms with E-state index in [1.54, 1.807) is 7.11 Å². The summed E-state index contributed by atoms with van der Waals surface area (Å²) in [6.07, 6.45) is 5.66. The van der Waals surface area contributed by atoms with E-state index in [1.165, 1.54) is 18.6 Å². The van der Waals surface area contributed by atoms with E-state index in [2.05, 4.69) is 26.1 Å². The van der Waals surface area contributed by atoms with E-state index in [0.29, 0.717) is 19.6 Å². The minimum atomic E-state index is -0.507. The number of ether oxygens (including phenoxy) is 1. The molecule has 1 unspecified atom stereocenters. The molecule has 0 aromatic carbocycles. The Kier molecular flexibility index (Phi) is 7.92. The molecule has 1 aromatic rings. The largest absolute Gasteiger partial charge is 0.383 e. The monoisotopic (exact) mass is 295 g/mol. The van der Waals surface area contributed by atoms with Gasteiger partial charge in [0.15, 0.2) is 0 Å². The number of nitrogens with one attached hydrogen (secondary N) is 3. The lowest BCUT2D eigenvalue weighted by atomic mass is 10.1. The number of amides is 2. The van der Waals surface area contributed by atoms with Crippen molar-refractivity contribution >= 4 is 11.8 Å². The van der Waals surface area contributed by atoms with Crippen LogP contribution in [-0.4, -0.2) is 48.1 Å². The van der Waals surface area contributed by atoms with Crippen molar-refractivity contribution in [2.45, 2.75) is 25.8 Å². The van der Waals surface area contributed by atoms with Crippen molar-refractivity contribution in [1.82, 2.24) is 26.1 Å². The summed E-state index contributed by atoms with van der Waals surface area (Å²) < 4.78 is 4.87. The number of carbonyl (C=O) groups is 2. The average Bonchev–Trinajstić information content (AvgIpc) is 2.52. The second kappa shape index (κ2) is 9.78. The fourth-order valence-electron chi connectivity index (χ4n) is 1.59. The Balaban J connectivity index is 2.46. The van der Waals surface area contributed by atoms with Gasteiger partial charge in [0.25, 0.3) is 5.91 Å². The third-order valence-corrected chi connectivity index (χ3v) is 2.66. The summed E-state index contributed by atoms with van der Waals surface area (Å²) in [5.41, 5.74) is 5.38. The topological polar surface area (TPSA) is 105 Å². The lowest BCUT2D eigenvalue weighted by Gasteiger charge is -2.18. The summed E-state index contributed by atoms with van der Waals surface area (Å²) in [7, 11) is 1.56. The SMILES string of the molecule is CCCC(NNC(=O)c1cnccn1)C(=O)NCCOC. The first-order chi connectivity index (χ1) is 10.2. The van der Waals surface area contributed by atoms with Crippen molar-refractivity contribution in [3.05, 3.63) is 24.3 Å². The van der Waals surface area contributed by atoms with Crippen LogP contribution in [0, 0.1) is 0 Å². The van der Waals surface area contributed by atoms with Crippen LogP contribution in [0.3, 0.4) is 0 Å². The average molecular weight is 295 g/mol. The zero-order valence-electron chi connectivity index (χ0n) is 12.3. The summed E-state index contributed by atoms with van der Waals surface area (Å²) in [4.78, 5) is 31.4. The number of nitrogens with zero attached hydrogens (tertiary/aromatic N) is 2. The van der Waals surface area contributed by atoms with Crippen molar-refractivity contribution in [1.29, 1.82) is 0 Å². The van der Waals surface area contributed by atoms with Gasteiger partial charge in [-0.3, -0.25) is 20.0 Å². The van der Waals surface area contributed by atoms with E-state index in [-0.39, 0.29) is 11.6 Å². The lowest BCUT2D eigenvalue weighted by molar-refractivity contribution is -0.123. The zero-order valence-corrected chi connectivity index (χ0v) is 12.3. The van der Waals surface area contributed by atoms with Crippen LogP contribution in [0.4, 0.5) is 0 Å². The Labute approximate surface area is 123 Å². The molecule has 8 nitrogen and oxygen atoms in total. The predicted octanol–water partition coefficient (Wildman–Crippen LogP) is -0.358. The maximum absolute atomic E-state index is 11.9. The molecule has 1 heterocycles. The molecular formula is C13H21N5O3. The minimum Gasteiger partial charge on any atom is -0.383 e. The maximum atomic E-state index is 11.9. The number of methoxy groups -OCH3 is 1. The van der Waals surface area contributed by atoms with Gasteiger partial charge in [0.2, 0.25) is 5.91 Å². The molecular weight excluding hydrogens is 274 g/mol. The summed E-state index contributed by atoms with van der Waals surface area (Å²) in [6, 6.07) is -0.507. The van der Waals surface area contributed by atoms with Gasteiger partial charge >= 0.3 is 0 Å². The molecule has 21 heavy (non-hydrogen) atoms. The molecule has 2 amide bonds. The van der Waals surface area contributed by atoms with Crippen LogP contribution in [0.2, 0.25) is 0 Å². The van der Waals surface area contributed by atoms with E-state index in [0.717, 1.165) is 6.42 Å². The van der Waals surface area contributed by atoms with E-state index >= 15 is 0 Å². The smallest absolute Gasteiger partial charge is 0.285 e. The summed E-state index contributed by atoms with van der Waals surface area (Å²) >= 11 is 0. The maximum Gasteiger partial charge on any atom is 0.285 e. The van der Waals surface area contributed by atoms with E-state index in [9.17, 15) is 9.59 Å². The second-order valence-electron chi connectivity index (χ2n) is 4.31. The van der Waals surface area contributed by atoms with Crippen LogP contribution in [-0.2, 0) is 9.53 Å². The van der Waals surface area contributed by atoms with Crippen molar-refractivity contribution in [3.8, 4) is 0 Å². The number of hydrazine groups is 1. The van der Waals surface area contributed by atoms with Crippen LogP contribution in [0.1, 0.15) is 30.3 Å². The first-order valence-electron chi connectivity index (χ1n) is 6.77. The molecule has 3 N–H and O–H groups in total. The van der Waals surface area contributed by atoms with Gasteiger partial charge in [-0.15, -0.1) is 0 Å². The normalized spacial score (nSPS) is 11.7. The minimum absolute atomic E-state index is 0.181. The van der Waals surface area contributed by atoms with Gasteiger partial charge in [0.05, 0.1) is 12.8 Å². The molecule has 8 heteroatoms. The molecule has 116 valence electrons. The Hall–Kier alpha value is -2.06. The van der Waals surface area contributed by atoms with Crippen LogP contribution < -0.4 is 16.2 Å². The quantitative estimate of drug-likeness (QED) is 0.424. The first kappa shape index (κ1) is 17.0. The Morgan fingerprint density at radius 1 is 1.38 bits per heavy atom. The Morgan fingerprint density at radius 2 is 2.19 bits per heavy atom. The highest BCUT2D eigenvalue weighted by atomic mass is 16.5. The van der Waals surface area contributed by atoms with Gasteiger partial charge in [-0.1, -0.05) is 13.3 Å². The molecule has 0 bridgehead atoms. The number of hydrogen-bond acceptors (Lipinski definition) is 6. The van der Waals surface area contributed by atoms with Crippen molar-refractivity contribution in [2.24, 2.45) is 0 Å². The summed E-state index contributed by atoms with van der Waals surface area (Å²) in [5.74, 6) is -0.623. The third-order valence-electron chi connectivity index (χ3n) is 2.66. The van der Waals surface area contributed by atoms with Crippen molar-refractivity contribution < 1.29 is 14.3 Å². The third kappa shape index (κ3) is 6.28. The van der Waals surface area contributed by atoms with Gasteiger partial charge in [0, 0.05) is 26.0 Å². The number of rotatable bonds is 9. The van der Waals surface area contributed by atoms with Crippen molar-refractivity contribution in [3.63, 3.8) is 0 Å². The number of aromatic nitrogens is 2. The molecule has 0 aliphatic carbocycles. The molecule has 0 aliphatic rings. The molecule has 1 aromatic heterocycles. The molecule has 0 saturated heterocycles. The molecule has 0 fully saturated rings. The number of carbonyl (C=O) groups excluding carboxylic acids is 2. The standard InChI is InChI=1S/C13H21N5O3/c1-3-4-10(12(19)16-7-8-21-2)17-18-13(20)11-9-14-5-6-15-11/h5-6,9-10,17H,3-4,7-8H2,1-2H3,(H,16,19)(H,18,20). The van der Waals surface area contributed by atoms with Crippen LogP contribution in [0.5, 0.6) is 0 Å². The second-order valence-corrected chi connectivity index (χ2v) is 4.31. The zero-order chi connectivity index (χ0) is 15.5. The highest BCUT2D eigenvalue weighted by Crippen LogP contribution is 1.96. The van der Waals surface area contributed by atoms with Gasteiger partial charge in [-0.2, -0.15) is 0 Å². The highest BCUT2D eigenvalue weighted by Gasteiger charge is 2.18. The van der Waals surface area contributed by atoms with E-state index < -0.39 is 11.9 Å². The van der Waals surface area contributed by atoms with Crippen LogP contribution in [0.15, 0.2) is 18.6 Å². The molecule has 1 rings (SSSR count). The van der Waals surface area contributed by atoms with Gasteiger partial charge < -0.3 is 10.1 Å². The fraction of sp³-hybridized carbons (Fsp3) is 0.538. The number of hydrogen-bond donors (Lipinski definition) is 3. The van der Waals surface area contributed by atoms with Crippen LogP contribution >= 0.6 is 0 Å². The first-order valence-corrected chi connectivity index (χ1v) is 6.77. The van der Waals surface area contributed by atoms with Gasteiger partial charge in [0.1, 0.15) is 11.7 Å². The molecule has 0 saturated carbocycles. The molecule has 0 spiro atoms. The molecule has 0 aliphatic heterocycles. The van der Waals surface area contributed by atoms with Crippen molar-refractivity contribution in [2.75, 3.05) is 20.3 Å². The lowest BCUT2D eigenvalue weighted by Crippen LogP contribution is -2.52. The summed E-state index contributed by atoms with van der Waals surface area (Å²) in [5, 5.41) is 2.73. The molecule has 1 atom stereocenters. The van der Waals surface area contributed by atoms with Crippen LogP contribution in [0.25, 0.3) is 0 Å². The van der Waals surface area contributed by atoms with Gasteiger partial charge in [-0.05, 0) is 6.42 Å². The summed E-state index contributed by atoms with van der Waals surface area (Å²) in [6.45, 7) is 2.83. The van der Waals surface area contributed by atoms with E-state index in [4.69, 9.17) is 4.74 Å². The fourth-order valence-corrected chi connectivity index (χ4v) is 1.59. The Bertz CT molecular complexity index is 441. The van der Waals surface area contributed by atoms with E-state index in [1.807, 2.05) is 6.92 Å². The molecule has 0 radical (unpaired) electrons. The highest BCUT2D eigenvalue weighted by molar-refractivity contribution is 5.92. The Morgan fingerprint density at radius 3 is 2.81 bits per heavy atom. The van der Waals surface area contributed by atoms with Gasteiger partial charge in [-0.25, -0.2) is 10.4 Å².